The van der Waals surface area contributed by atoms with Gasteiger partial charge in [0.25, 0.3) is 5.91 Å². The van der Waals surface area contributed by atoms with Gasteiger partial charge in [0.1, 0.15) is 12.3 Å². The molecule has 2 aromatic rings. The van der Waals surface area contributed by atoms with Crippen molar-refractivity contribution < 1.29 is 14.0 Å². The van der Waals surface area contributed by atoms with E-state index in [1.54, 1.807) is 22.0 Å². The Morgan fingerprint density at radius 3 is 2.58 bits per heavy atom. The van der Waals surface area contributed by atoms with Crippen LogP contribution in [0.15, 0.2) is 23.1 Å². The van der Waals surface area contributed by atoms with Crippen molar-refractivity contribution in [3.8, 4) is 0 Å². The van der Waals surface area contributed by atoms with Crippen LogP contribution in [0.2, 0.25) is 0 Å². The molecule has 2 amide bonds. The normalized spacial score (nSPS) is 15.0. The van der Waals surface area contributed by atoms with Crippen molar-refractivity contribution in [3.05, 3.63) is 41.1 Å². The molecule has 0 bridgehead atoms. The molecule has 0 aromatic carbocycles. The molecule has 0 radical (unpaired) electrons. The largest absolute Gasteiger partial charge is 0.468 e. The summed E-state index contributed by atoms with van der Waals surface area (Å²) < 4.78 is 7.24. The van der Waals surface area contributed by atoms with Gasteiger partial charge in [-0.15, -0.1) is 0 Å². The van der Waals surface area contributed by atoms with Gasteiger partial charge in [0.05, 0.1) is 24.1 Å². The number of aromatic nitrogens is 2. The first-order valence-corrected chi connectivity index (χ1v) is 8.81. The fourth-order valence-electron chi connectivity index (χ4n) is 3.13. The number of amides is 2. The molecule has 0 atom stereocenters. The van der Waals surface area contributed by atoms with Crippen molar-refractivity contribution in [2.45, 2.75) is 52.6 Å². The van der Waals surface area contributed by atoms with E-state index >= 15 is 0 Å². The molecule has 3 rings (SSSR count). The zero-order chi connectivity index (χ0) is 19.1. The number of furan rings is 1. The lowest BCUT2D eigenvalue weighted by Gasteiger charge is -2.39. The summed E-state index contributed by atoms with van der Waals surface area (Å²) in [5, 5.41) is 7.05. The summed E-state index contributed by atoms with van der Waals surface area (Å²) in [6.07, 6.45) is 5.18. The first-order valence-electron chi connectivity index (χ1n) is 8.81. The molecule has 0 unspecified atom stereocenters. The summed E-state index contributed by atoms with van der Waals surface area (Å²) in [6, 6.07) is -0.0200. The van der Waals surface area contributed by atoms with Gasteiger partial charge < -0.3 is 14.6 Å². The van der Waals surface area contributed by atoms with Gasteiger partial charge >= 0.3 is 0 Å². The number of carbonyl (C=O) groups excluding carboxylic acids is 2. The van der Waals surface area contributed by atoms with E-state index in [-0.39, 0.29) is 29.8 Å². The molecule has 1 fully saturated rings. The number of carbonyl (C=O) groups is 2. The summed E-state index contributed by atoms with van der Waals surface area (Å²) in [5.74, 6) is 0.580. The fraction of sp³-hybridized carbons (Fsp3) is 0.526. The van der Waals surface area contributed by atoms with Gasteiger partial charge in [-0.2, -0.15) is 5.10 Å². The molecule has 0 saturated carbocycles. The third-order valence-electron chi connectivity index (χ3n) is 4.47. The molecule has 26 heavy (non-hydrogen) atoms. The molecule has 2 aromatic heterocycles. The lowest BCUT2D eigenvalue weighted by Crippen LogP contribution is -2.61. The van der Waals surface area contributed by atoms with Crippen molar-refractivity contribution in [3.63, 3.8) is 0 Å². The second-order valence-corrected chi connectivity index (χ2v) is 8.06. The van der Waals surface area contributed by atoms with Crippen LogP contribution in [-0.2, 0) is 16.8 Å². The van der Waals surface area contributed by atoms with Crippen molar-refractivity contribution in [1.82, 2.24) is 20.0 Å². The quantitative estimate of drug-likeness (QED) is 0.907. The minimum absolute atomic E-state index is 0.0200. The smallest absolute Gasteiger partial charge is 0.257 e. The maximum atomic E-state index is 12.8. The van der Waals surface area contributed by atoms with Gasteiger partial charge in [0.15, 0.2) is 0 Å². The highest BCUT2D eigenvalue weighted by Crippen LogP contribution is 2.31. The monoisotopic (exact) mass is 358 g/mol. The second kappa shape index (κ2) is 6.63. The van der Waals surface area contributed by atoms with Crippen LogP contribution < -0.4 is 5.32 Å². The Hall–Kier alpha value is -2.57. The van der Waals surface area contributed by atoms with Crippen LogP contribution in [0.25, 0.3) is 0 Å². The Morgan fingerprint density at radius 2 is 2.00 bits per heavy atom. The minimum atomic E-state index is -0.236. The summed E-state index contributed by atoms with van der Waals surface area (Å²) >= 11 is 0. The number of likely N-dealkylation sites (tertiary alicyclic amines) is 1. The Labute approximate surface area is 153 Å². The number of hydrogen-bond acceptors (Lipinski definition) is 4. The Balaban J connectivity index is 1.56. The molecule has 140 valence electrons. The summed E-state index contributed by atoms with van der Waals surface area (Å²) in [7, 11) is 0. The Kier molecular flexibility index (Phi) is 4.64. The third kappa shape index (κ3) is 3.66. The van der Waals surface area contributed by atoms with Gasteiger partial charge in [-0.1, -0.05) is 20.8 Å². The van der Waals surface area contributed by atoms with Crippen LogP contribution in [0.4, 0.5) is 0 Å². The van der Waals surface area contributed by atoms with Gasteiger partial charge in [0.2, 0.25) is 5.91 Å². The number of hydrogen-bond donors (Lipinski definition) is 1. The second-order valence-electron chi connectivity index (χ2n) is 8.06. The van der Waals surface area contributed by atoms with Crippen molar-refractivity contribution in [1.29, 1.82) is 0 Å². The lowest BCUT2D eigenvalue weighted by atomic mass is 9.88. The van der Waals surface area contributed by atoms with Crippen molar-refractivity contribution in [2.24, 2.45) is 0 Å². The van der Waals surface area contributed by atoms with E-state index in [0.29, 0.717) is 24.4 Å². The molecule has 7 heteroatoms. The van der Waals surface area contributed by atoms with E-state index in [0.717, 1.165) is 11.1 Å². The van der Waals surface area contributed by atoms with Crippen molar-refractivity contribution in [2.75, 3.05) is 13.1 Å². The van der Waals surface area contributed by atoms with E-state index in [4.69, 9.17) is 4.42 Å². The maximum absolute atomic E-state index is 12.8. The molecular formula is C19H26N4O3. The van der Waals surface area contributed by atoms with E-state index in [1.165, 1.54) is 0 Å². The molecule has 1 aliphatic rings. The van der Waals surface area contributed by atoms with Crippen LogP contribution >= 0.6 is 0 Å². The standard InChI is InChI=1S/C19H26N4O3/c1-12-6-20-23(7-12)10-15(24)21-14-8-22(9-14)18(25)16-13(2)11-26-17(16)19(3,4)5/h6-7,11,14H,8-10H2,1-5H3,(H,21,24). The molecule has 0 spiro atoms. The average Bonchev–Trinajstić information content (AvgIpc) is 3.07. The highest BCUT2D eigenvalue weighted by Gasteiger charge is 2.36. The highest BCUT2D eigenvalue weighted by molar-refractivity contribution is 5.97. The summed E-state index contributed by atoms with van der Waals surface area (Å²) in [4.78, 5) is 26.7. The van der Waals surface area contributed by atoms with Gasteiger partial charge in [-0.3, -0.25) is 14.3 Å². The summed E-state index contributed by atoms with van der Waals surface area (Å²) in [5.41, 5.74) is 2.28. The number of nitrogens with one attached hydrogen (secondary N) is 1. The molecule has 1 saturated heterocycles. The third-order valence-corrected chi connectivity index (χ3v) is 4.47. The predicted octanol–water partition coefficient (Wildman–Crippen LogP) is 2.03. The Morgan fingerprint density at radius 1 is 1.31 bits per heavy atom. The number of aryl methyl sites for hydroxylation is 2. The Bertz CT molecular complexity index is 822. The fourth-order valence-corrected chi connectivity index (χ4v) is 3.13. The van der Waals surface area contributed by atoms with Crippen LogP contribution in [0.3, 0.4) is 0 Å². The van der Waals surface area contributed by atoms with E-state index in [9.17, 15) is 9.59 Å². The van der Waals surface area contributed by atoms with E-state index < -0.39 is 0 Å². The zero-order valence-electron chi connectivity index (χ0n) is 16.0. The van der Waals surface area contributed by atoms with E-state index in [2.05, 4.69) is 10.4 Å². The minimum Gasteiger partial charge on any atom is -0.468 e. The summed E-state index contributed by atoms with van der Waals surface area (Å²) in [6.45, 7) is 11.1. The molecular weight excluding hydrogens is 332 g/mol. The van der Waals surface area contributed by atoms with Gasteiger partial charge in [-0.05, 0) is 19.4 Å². The van der Waals surface area contributed by atoms with Crippen LogP contribution in [-0.4, -0.2) is 45.6 Å². The highest BCUT2D eigenvalue weighted by atomic mass is 16.3. The molecule has 7 nitrogen and oxygen atoms in total. The molecule has 1 N–H and O–H groups in total. The van der Waals surface area contributed by atoms with Gasteiger partial charge in [-0.25, -0.2) is 0 Å². The SMILES string of the molecule is Cc1cnn(CC(=O)NC2CN(C(=O)c3c(C)coc3C(C)(C)C)C2)c1. The van der Waals surface area contributed by atoms with Gasteiger partial charge in [0, 0.05) is 30.3 Å². The number of nitrogens with zero attached hydrogens (tertiary/aromatic N) is 3. The first-order chi connectivity index (χ1) is 12.1. The number of rotatable bonds is 4. The molecule has 0 aliphatic carbocycles. The predicted molar refractivity (Wildman–Crippen MR) is 96.9 cm³/mol. The van der Waals surface area contributed by atoms with Crippen molar-refractivity contribution >= 4 is 11.8 Å². The maximum Gasteiger partial charge on any atom is 0.257 e. The lowest BCUT2D eigenvalue weighted by molar-refractivity contribution is -0.123. The molecule has 3 heterocycles. The molecule has 1 aliphatic heterocycles. The van der Waals surface area contributed by atoms with Crippen LogP contribution in [0.5, 0.6) is 0 Å². The van der Waals surface area contributed by atoms with Crippen LogP contribution in [0, 0.1) is 13.8 Å². The van der Waals surface area contributed by atoms with Crippen LogP contribution in [0.1, 0.15) is 48.0 Å². The first kappa shape index (κ1) is 18.2. The van der Waals surface area contributed by atoms with E-state index in [1.807, 2.05) is 40.8 Å². The zero-order valence-corrected chi connectivity index (χ0v) is 16.0. The topological polar surface area (TPSA) is 80.4 Å². The average molecular weight is 358 g/mol.